The molecule has 0 aliphatic carbocycles. The summed E-state index contributed by atoms with van der Waals surface area (Å²) in [5.41, 5.74) is 1.99. The van der Waals surface area contributed by atoms with Crippen LogP contribution in [0.3, 0.4) is 0 Å². The maximum atomic E-state index is 11.0. The van der Waals surface area contributed by atoms with Crippen LogP contribution in [0.4, 0.5) is 0 Å². The third-order valence-corrected chi connectivity index (χ3v) is 4.15. The molecule has 140 valence electrons. The van der Waals surface area contributed by atoms with Crippen molar-refractivity contribution in [2.45, 2.75) is 26.9 Å². The summed E-state index contributed by atoms with van der Waals surface area (Å²) in [5, 5.41) is 18.5. The van der Waals surface area contributed by atoms with E-state index >= 15 is 0 Å². The fraction of sp³-hybridized carbons (Fsp3) is 0.238. The standard InChI is InChI=1S/C21H20BrNO4/c1-4-26-19-11-14(10-18(22)20(19)27-13(2)3)9-17(12-23)15-5-7-16(8-6-15)21(24)25/h5-11,13H,4H2,1-3H3,(H,24,25)/b17-9-. The van der Waals surface area contributed by atoms with Crippen molar-refractivity contribution in [3.63, 3.8) is 0 Å². The Morgan fingerprint density at radius 2 is 1.89 bits per heavy atom. The van der Waals surface area contributed by atoms with E-state index in [1.54, 1.807) is 18.2 Å². The fourth-order valence-electron chi connectivity index (χ4n) is 2.42. The molecule has 2 aromatic carbocycles. The number of allylic oxidation sites excluding steroid dienone is 1. The van der Waals surface area contributed by atoms with Crippen molar-refractivity contribution in [1.29, 1.82) is 5.26 Å². The van der Waals surface area contributed by atoms with E-state index in [9.17, 15) is 10.1 Å². The van der Waals surface area contributed by atoms with Crippen LogP contribution in [0.15, 0.2) is 40.9 Å². The molecule has 0 heterocycles. The van der Waals surface area contributed by atoms with Crippen molar-refractivity contribution in [2.75, 3.05) is 6.61 Å². The first-order valence-electron chi connectivity index (χ1n) is 8.44. The van der Waals surface area contributed by atoms with Crippen molar-refractivity contribution in [3.05, 3.63) is 57.6 Å². The molecule has 0 fully saturated rings. The van der Waals surface area contributed by atoms with Crippen LogP contribution in [-0.2, 0) is 0 Å². The molecule has 6 heteroatoms. The number of hydrogen-bond donors (Lipinski definition) is 1. The second-order valence-corrected chi connectivity index (χ2v) is 6.84. The predicted molar refractivity (Wildman–Crippen MR) is 108 cm³/mol. The van der Waals surface area contributed by atoms with Crippen LogP contribution in [0.2, 0.25) is 0 Å². The Hall–Kier alpha value is -2.78. The quantitative estimate of drug-likeness (QED) is 0.470. The average Bonchev–Trinajstić information content (AvgIpc) is 2.62. The third kappa shape index (κ3) is 5.35. The lowest BCUT2D eigenvalue weighted by atomic mass is 10.0. The van der Waals surface area contributed by atoms with Gasteiger partial charge in [-0.3, -0.25) is 0 Å². The van der Waals surface area contributed by atoms with Gasteiger partial charge in [0.05, 0.1) is 34.4 Å². The van der Waals surface area contributed by atoms with Crippen molar-refractivity contribution in [2.24, 2.45) is 0 Å². The molecule has 2 aromatic rings. The van der Waals surface area contributed by atoms with Crippen molar-refractivity contribution in [1.82, 2.24) is 0 Å². The molecular formula is C21H20BrNO4. The molecule has 0 unspecified atom stereocenters. The van der Waals surface area contributed by atoms with Gasteiger partial charge in [0, 0.05) is 0 Å². The number of nitrogens with zero attached hydrogens (tertiary/aromatic N) is 1. The second-order valence-electron chi connectivity index (χ2n) is 5.98. The molecule has 0 aliphatic heterocycles. The first kappa shape index (κ1) is 20.5. The molecule has 0 amide bonds. The van der Waals surface area contributed by atoms with Crippen molar-refractivity contribution < 1.29 is 19.4 Å². The van der Waals surface area contributed by atoms with E-state index in [4.69, 9.17) is 14.6 Å². The molecule has 0 saturated heterocycles. The molecule has 0 atom stereocenters. The molecule has 2 rings (SSSR count). The second kappa shape index (κ2) is 9.24. The highest BCUT2D eigenvalue weighted by atomic mass is 79.9. The lowest BCUT2D eigenvalue weighted by molar-refractivity contribution is 0.0697. The summed E-state index contributed by atoms with van der Waals surface area (Å²) in [4.78, 5) is 11.0. The number of benzene rings is 2. The van der Waals surface area contributed by atoms with E-state index in [-0.39, 0.29) is 11.7 Å². The Morgan fingerprint density at radius 1 is 1.26 bits per heavy atom. The van der Waals surface area contributed by atoms with Gasteiger partial charge in [-0.05, 0) is 78.2 Å². The number of rotatable bonds is 7. The number of carbonyl (C=O) groups is 1. The van der Waals surface area contributed by atoms with Gasteiger partial charge in [0.2, 0.25) is 0 Å². The smallest absolute Gasteiger partial charge is 0.335 e. The van der Waals surface area contributed by atoms with Gasteiger partial charge in [-0.25, -0.2) is 4.79 Å². The van der Waals surface area contributed by atoms with Gasteiger partial charge in [-0.15, -0.1) is 0 Å². The number of carboxylic acids is 1. The largest absolute Gasteiger partial charge is 0.490 e. The van der Waals surface area contributed by atoms with Crippen LogP contribution >= 0.6 is 15.9 Å². The Morgan fingerprint density at radius 3 is 2.41 bits per heavy atom. The topological polar surface area (TPSA) is 79.5 Å². The zero-order valence-corrected chi connectivity index (χ0v) is 16.9. The molecular weight excluding hydrogens is 410 g/mol. The van der Waals surface area contributed by atoms with E-state index in [0.717, 1.165) is 10.0 Å². The number of nitriles is 1. The number of carboxylic acid groups (broad SMARTS) is 1. The van der Waals surface area contributed by atoms with Crippen LogP contribution in [0.1, 0.15) is 42.3 Å². The lowest BCUT2D eigenvalue weighted by Gasteiger charge is -2.17. The van der Waals surface area contributed by atoms with Crippen molar-refractivity contribution >= 4 is 33.5 Å². The van der Waals surface area contributed by atoms with E-state index in [1.807, 2.05) is 32.9 Å². The maximum absolute atomic E-state index is 11.0. The molecule has 0 aromatic heterocycles. The Kier molecular flexibility index (Phi) is 7.03. The Bertz CT molecular complexity index is 896. The predicted octanol–water partition coefficient (Wildman–Crippen LogP) is 5.40. The summed E-state index contributed by atoms with van der Waals surface area (Å²) in [5.74, 6) is 0.203. The highest BCUT2D eigenvalue weighted by Crippen LogP contribution is 2.38. The zero-order chi connectivity index (χ0) is 20.0. The highest BCUT2D eigenvalue weighted by Gasteiger charge is 2.14. The van der Waals surface area contributed by atoms with E-state index in [1.165, 1.54) is 12.1 Å². The summed E-state index contributed by atoms with van der Waals surface area (Å²) in [7, 11) is 0. The SMILES string of the molecule is CCOc1cc(/C=C(/C#N)c2ccc(C(=O)O)cc2)cc(Br)c1OC(C)C. The Labute approximate surface area is 167 Å². The number of ether oxygens (including phenoxy) is 2. The van der Waals surface area contributed by atoms with E-state index in [0.29, 0.717) is 29.2 Å². The Balaban J connectivity index is 2.45. The summed E-state index contributed by atoms with van der Waals surface area (Å²) in [6, 6.07) is 12.0. The van der Waals surface area contributed by atoms with Crippen LogP contribution in [0, 0.1) is 11.3 Å². The summed E-state index contributed by atoms with van der Waals surface area (Å²) in [6.07, 6.45) is 1.71. The van der Waals surface area contributed by atoms with Crippen LogP contribution in [0.25, 0.3) is 11.6 Å². The average molecular weight is 430 g/mol. The number of hydrogen-bond acceptors (Lipinski definition) is 4. The maximum Gasteiger partial charge on any atom is 0.335 e. The molecule has 0 aliphatic rings. The van der Waals surface area contributed by atoms with E-state index < -0.39 is 5.97 Å². The van der Waals surface area contributed by atoms with Crippen LogP contribution in [0.5, 0.6) is 11.5 Å². The summed E-state index contributed by atoms with van der Waals surface area (Å²) < 4.78 is 12.2. The minimum Gasteiger partial charge on any atom is -0.490 e. The molecule has 0 spiro atoms. The minimum absolute atomic E-state index is 0.00989. The number of aromatic carboxylic acids is 1. The molecule has 1 N–H and O–H groups in total. The van der Waals surface area contributed by atoms with Gasteiger partial charge in [-0.1, -0.05) is 12.1 Å². The van der Waals surface area contributed by atoms with Gasteiger partial charge < -0.3 is 14.6 Å². The molecule has 0 radical (unpaired) electrons. The minimum atomic E-state index is -1.00. The van der Waals surface area contributed by atoms with Gasteiger partial charge in [0.25, 0.3) is 0 Å². The monoisotopic (exact) mass is 429 g/mol. The van der Waals surface area contributed by atoms with Gasteiger partial charge in [0.1, 0.15) is 0 Å². The van der Waals surface area contributed by atoms with Gasteiger partial charge in [-0.2, -0.15) is 5.26 Å². The lowest BCUT2D eigenvalue weighted by Crippen LogP contribution is -2.08. The van der Waals surface area contributed by atoms with Crippen LogP contribution < -0.4 is 9.47 Å². The highest BCUT2D eigenvalue weighted by molar-refractivity contribution is 9.10. The summed E-state index contributed by atoms with van der Waals surface area (Å²) >= 11 is 3.51. The fourth-order valence-corrected chi connectivity index (χ4v) is 2.98. The molecule has 27 heavy (non-hydrogen) atoms. The van der Waals surface area contributed by atoms with Gasteiger partial charge in [0.15, 0.2) is 11.5 Å². The normalized spacial score (nSPS) is 11.2. The molecule has 0 saturated carbocycles. The van der Waals surface area contributed by atoms with E-state index in [2.05, 4.69) is 22.0 Å². The summed E-state index contributed by atoms with van der Waals surface area (Å²) in [6.45, 7) is 6.24. The van der Waals surface area contributed by atoms with Crippen LogP contribution in [-0.4, -0.2) is 23.8 Å². The number of halogens is 1. The van der Waals surface area contributed by atoms with Crippen molar-refractivity contribution in [3.8, 4) is 17.6 Å². The first-order chi connectivity index (χ1) is 12.8. The van der Waals surface area contributed by atoms with Gasteiger partial charge >= 0.3 is 5.97 Å². The third-order valence-electron chi connectivity index (χ3n) is 3.56. The first-order valence-corrected chi connectivity index (χ1v) is 9.23. The molecule has 5 nitrogen and oxygen atoms in total. The molecule has 0 bridgehead atoms. The zero-order valence-electron chi connectivity index (χ0n) is 15.3.